The average Bonchev–Trinajstić information content (AvgIpc) is 3.48. The SMILES string of the molecule is Cc1[nH]c2ccccc2c1-c1csc(NC(=O)c2ccc(Cn3ccccc3=O)o2)n1. The highest BCUT2D eigenvalue weighted by Crippen LogP contribution is 2.34. The van der Waals surface area contributed by atoms with E-state index in [1.165, 1.54) is 22.0 Å². The number of nitrogens with zero attached hydrogens (tertiary/aromatic N) is 2. The normalized spacial score (nSPS) is 11.1. The van der Waals surface area contributed by atoms with Gasteiger partial charge in [-0.3, -0.25) is 14.9 Å². The number of nitrogens with one attached hydrogen (secondary N) is 2. The fourth-order valence-corrected chi connectivity index (χ4v) is 4.25. The highest BCUT2D eigenvalue weighted by Gasteiger charge is 2.17. The van der Waals surface area contributed by atoms with Gasteiger partial charge in [-0.25, -0.2) is 4.98 Å². The summed E-state index contributed by atoms with van der Waals surface area (Å²) in [6.45, 7) is 2.27. The molecule has 4 aromatic heterocycles. The number of aromatic nitrogens is 3. The number of hydrogen-bond acceptors (Lipinski definition) is 5. The summed E-state index contributed by atoms with van der Waals surface area (Å²) in [6, 6.07) is 16.3. The van der Waals surface area contributed by atoms with Gasteiger partial charge in [0, 0.05) is 39.8 Å². The first-order valence-corrected chi connectivity index (χ1v) is 10.6. The number of para-hydroxylation sites is 1. The highest BCUT2D eigenvalue weighted by molar-refractivity contribution is 7.14. The molecule has 0 aliphatic heterocycles. The molecule has 0 radical (unpaired) electrons. The maximum Gasteiger partial charge on any atom is 0.293 e. The first-order chi connectivity index (χ1) is 15.1. The lowest BCUT2D eigenvalue weighted by Gasteiger charge is -2.02. The van der Waals surface area contributed by atoms with E-state index in [4.69, 9.17) is 4.42 Å². The maximum atomic E-state index is 12.6. The number of fused-ring (bicyclic) bond motifs is 1. The van der Waals surface area contributed by atoms with E-state index in [0.29, 0.717) is 10.9 Å². The van der Waals surface area contributed by atoms with Crippen LogP contribution in [-0.4, -0.2) is 20.4 Å². The van der Waals surface area contributed by atoms with Gasteiger partial charge in [-0.1, -0.05) is 24.3 Å². The Morgan fingerprint density at radius 1 is 1.16 bits per heavy atom. The molecule has 5 aromatic rings. The van der Waals surface area contributed by atoms with Gasteiger partial charge in [-0.15, -0.1) is 11.3 Å². The largest absolute Gasteiger partial charge is 0.454 e. The molecule has 8 heteroatoms. The number of benzene rings is 1. The minimum Gasteiger partial charge on any atom is -0.454 e. The lowest BCUT2D eigenvalue weighted by atomic mass is 10.1. The van der Waals surface area contributed by atoms with Crippen LogP contribution in [0.2, 0.25) is 0 Å². The Morgan fingerprint density at radius 3 is 2.87 bits per heavy atom. The van der Waals surface area contributed by atoms with E-state index in [1.54, 1.807) is 30.5 Å². The predicted molar refractivity (Wildman–Crippen MR) is 121 cm³/mol. The van der Waals surface area contributed by atoms with Crippen molar-refractivity contribution < 1.29 is 9.21 Å². The summed E-state index contributed by atoms with van der Waals surface area (Å²) in [5.41, 5.74) is 3.78. The highest BCUT2D eigenvalue weighted by atomic mass is 32.1. The van der Waals surface area contributed by atoms with Gasteiger partial charge in [0.1, 0.15) is 5.76 Å². The summed E-state index contributed by atoms with van der Waals surface area (Å²) in [7, 11) is 0. The van der Waals surface area contributed by atoms with Crippen LogP contribution in [0.1, 0.15) is 22.0 Å². The van der Waals surface area contributed by atoms with Gasteiger partial charge in [0.05, 0.1) is 12.2 Å². The van der Waals surface area contributed by atoms with Gasteiger partial charge in [-0.05, 0) is 31.2 Å². The molecule has 0 bridgehead atoms. The van der Waals surface area contributed by atoms with Crippen molar-refractivity contribution >= 4 is 33.3 Å². The molecule has 7 nitrogen and oxygen atoms in total. The molecule has 0 saturated carbocycles. The lowest BCUT2D eigenvalue weighted by Crippen LogP contribution is -2.18. The van der Waals surface area contributed by atoms with Crippen LogP contribution in [0.3, 0.4) is 0 Å². The number of carbonyl (C=O) groups is 1. The van der Waals surface area contributed by atoms with Gasteiger partial charge in [0.15, 0.2) is 10.9 Å². The van der Waals surface area contributed by atoms with Crippen LogP contribution in [0.5, 0.6) is 0 Å². The molecular weight excluding hydrogens is 412 g/mol. The van der Waals surface area contributed by atoms with Gasteiger partial charge in [0.2, 0.25) is 0 Å². The Morgan fingerprint density at radius 2 is 2.00 bits per heavy atom. The van der Waals surface area contributed by atoms with E-state index in [0.717, 1.165) is 27.9 Å². The summed E-state index contributed by atoms with van der Waals surface area (Å²) in [5, 5.41) is 6.30. The molecule has 1 aromatic carbocycles. The quantitative estimate of drug-likeness (QED) is 0.424. The van der Waals surface area contributed by atoms with Gasteiger partial charge in [-0.2, -0.15) is 0 Å². The third kappa shape index (κ3) is 3.69. The zero-order valence-electron chi connectivity index (χ0n) is 16.6. The number of aryl methyl sites for hydroxylation is 1. The summed E-state index contributed by atoms with van der Waals surface area (Å²) in [5.74, 6) is 0.301. The Balaban J connectivity index is 1.33. The third-order valence-corrected chi connectivity index (χ3v) is 5.74. The van der Waals surface area contributed by atoms with Crippen LogP contribution in [0.15, 0.2) is 75.4 Å². The first-order valence-electron chi connectivity index (χ1n) is 9.67. The van der Waals surface area contributed by atoms with E-state index in [1.807, 2.05) is 36.6 Å². The average molecular weight is 430 g/mol. The number of carbonyl (C=O) groups excluding carboxylic acids is 1. The van der Waals surface area contributed by atoms with Crippen LogP contribution in [0, 0.1) is 6.92 Å². The fourth-order valence-electron chi connectivity index (χ4n) is 3.56. The van der Waals surface area contributed by atoms with Gasteiger partial charge < -0.3 is 14.0 Å². The second kappa shape index (κ2) is 7.73. The van der Waals surface area contributed by atoms with Crippen molar-refractivity contribution in [3.05, 3.63) is 93.7 Å². The summed E-state index contributed by atoms with van der Waals surface area (Å²) >= 11 is 1.36. The number of H-pyrrole nitrogens is 1. The van der Waals surface area contributed by atoms with Gasteiger partial charge in [0.25, 0.3) is 11.5 Å². The first kappa shape index (κ1) is 19.1. The monoisotopic (exact) mass is 430 g/mol. The Kier molecular flexibility index (Phi) is 4.76. The van der Waals surface area contributed by atoms with Crippen LogP contribution in [0.4, 0.5) is 5.13 Å². The molecule has 2 N–H and O–H groups in total. The predicted octanol–water partition coefficient (Wildman–Crippen LogP) is 4.66. The minimum absolute atomic E-state index is 0.132. The van der Waals surface area contributed by atoms with Crippen LogP contribution >= 0.6 is 11.3 Å². The fraction of sp³-hybridized carbons (Fsp3) is 0.0870. The maximum absolute atomic E-state index is 12.6. The topological polar surface area (TPSA) is 92.9 Å². The molecule has 154 valence electrons. The molecule has 0 fully saturated rings. The molecule has 0 aliphatic carbocycles. The molecule has 0 aliphatic rings. The van der Waals surface area contributed by atoms with E-state index < -0.39 is 0 Å². The minimum atomic E-state index is -0.386. The summed E-state index contributed by atoms with van der Waals surface area (Å²) < 4.78 is 7.14. The van der Waals surface area contributed by atoms with E-state index in [9.17, 15) is 9.59 Å². The van der Waals surface area contributed by atoms with Crippen molar-refractivity contribution in [3.8, 4) is 11.3 Å². The second-order valence-electron chi connectivity index (χ2n) is 7.10. The summed E-state index contributed by atoms with van der Waals surface area (Å²) in [6.07, 6.45) is 1.67. The molecule has 0 unspecified atom stereocenters. The smallest absolute Gasteiger partial charge is 0.293 e. The summed E-state index contributed by atoms with van der Waals surface area (Å²) in [4.78, 5) is 32.4. The number of anilines is 1. The number of hydrogen-bond donors (Lipinski definition) is 2. The van der Waals surface area contributed by atoms with E-state index in [-0.39, 0.29) is 23.8 Å². The van der Waals surface area contributed by atoms with Crippen molar-refractivity contribution in [2.75, 3.05) is 5.32 Å². The lowest BCUT2D eigenvalue weighted by molar-refractivity contribution is 0.0994. The number of aromatic amines is 1. The molecule has 5 rings (SSSR count). The zero-order chi connectivity index (χ0) is 21.4. The molecular formula is C23H18N4O3S. The number of amides is 1. The standard InChI is InChI=1S/C23H18N4O3S/c1-14-21(16-6-2-3-7-17(16)24-14)18-13-31-23(25-18)26-22(29)19-10-9-15(30-19)12-27-11-5-4-8-20(27)28/h2-11,13,24H,12H2,1H3,(H,25,26,29). The van der Waals surface area contributed by atoms with Gasteiger partial charge >= 0.3 is 0 Å². The number of thiazole rings is 1. The van der Waals surface area contributed by atoms with Crippen molar-refractivity contribution in [3.63, 3.8) is 0 Å². The number of furan rings is 1. The van der Waals surface area contributed by atoms with Crippen LogP contribution in [0.25, 0.3) is 22.2 Å². The van der Waals surface area contributed by atoms with E-state index in [2.05, 4.69) is 15.3 Å². The van der Waals surface area contributed by atoms with Crippen molar-refractivity contribution in [2.45, 2.75) is 13.5 Å². The Hall–Kier alpha value is -3.91. The molecule has 31 heavy (non-hydrogen) atoms. The molecule has 1 amide bonds. The number of rotatable bonds is 5. The van der Waals surface area contributed by atoms with Crippen molar-refractivity contribution in [1.29, 1.82) is 0 Å². The Labute approximate surface area is 181 Å². The third-order valence-electron chi connectivity index (χ3n) is 4.98. The molecule has 4 heterocycles. The second-order valence-corrected chi connectivity index (χ2v) is 7.95. The Bertz CT molecular complexity index is 1460. The molecule has 0 saturated heterocycles. The zero-order valence-corrected chi connectivity index (χ0v) is 17.4. The van der Waals surface area contributed by atoms with Crippen molar-refractivity contribution in [1.82, 2.24) is 14.5 Å². The van der Waals surface area contributed by atoms with Crippen molar-refractivity contribution in [2.24, 2.45) is 0 Å². The molecule has 0 spiro atoms. The molecule has 0 atom stereocenters. The van der Waals surface area contributed by atoms with E-state index >= 15 is 0 Å². The number of pyridine rings is 1. The van der Waals surface area contributed by atoms with Crippen LogP contribution < -0.4 is 10.9 Å². The van der Waals surface area contributed by atoms with Crippen LogP contribution in [-0.2, 0) is 6.54 Å².